The van der Waals surface area contributed by atoms with Gasteiger partial charge < -0.3 is 16.8 Å². The van der Waals surface area contributed by atoms with Crippen molar-refractivity contribution in [3.8, 4) is 0 Å². The van der Waals surface area contributed by atoms with Gasteiger partial charge in [-0.2, -0.15) is 0 Å². The van der Waals surface area contributed by atoms with Crippen LogP contribution in [0.1, 0.15) is 29.6 Å². The van der Waals surface area contributed by atoms with Crippen LogP contribution in [-0.4, -0.2) is 23.4 Å². The first-order valence-corrected chi connectivity index (χ1v) is 6.57. The van der Waals surface area contributed by atoms with Crippen molar-refractivity contribution in [1.82, 2.24) is 0 Å². The number of nitro groups is 1. The molecule has 2 atom stereocenters. The standard InChI is InChI=1S/C13H18N4O3/c14-7-8-2-1-3-11(8)16-12-5-4-9(17(19)20)6-10(12)13(15)18/h4-6,8,11,16H,1-3,7,14H2,(H2,15,18). The predicted molar refractivity (Wildman–Crippen MR) is 75.4 cm³/mol. The summed E-state index contributed by atoms with van der Waals surface area (Å²) >= 11 is 0. The molecule has 0 heterocycles. The second-order valence-electron chi connectivity index (χ2n) is 5.03. The third-order valence-corrected chi connectivity index (χ3v) is 3.78. The second kappa shape index (κ2) is 5.87. The van der Waals surface area contributed by atoms with Crippen LogP contribution in [0.3, 0.4) is 0 Å². The highest BCUT2D eigenvalue weighted by Crippen LogP contribution is 2.30. The summed E-state index contributed by atoms with van der Waals surface area (Å²) in [6, 6.07) is 4.28. The minimum atomic E-state index is -0.682. The summed E-state index contributed by atoms with van der Waals surface area (Å²) in [7, 11) is 0. The third kappa shape index (κ3) is 2.88. The number of nitrogens with one attached hydrogen (secondary N) is 1. The number of nitrogens with zero attached hydrogens (tertiary/aromatic N) is 1. The van der Waals surface area contributed by atoms with E-state index in [4.69, 9.17) is 11.5 Å². The molecule has 1 saturated carbocycles. The number of benzene rings is 1. The molecule has 20 heavy (non-hydrogen) atoms. The Kier molecular flexibility index (Phi) is 4.19. The Balaban J connectivity index is 2.27. The molecule has 5 N–H and O–H groups in total. The van der Waals surface area contributed by atoms with Crippen molar-refractivity contribution in [2.24, 2.45) is 17.4 Å². The Hall–Kier alpha value is -2.15. The molecule has 1 aromatic carbocycles. The topological polar surface area (TPSA) is 124 Å². The molecular weight excluding hydrogens is 260 g/mol. The van der Waals surface area contributed by atoms with Crippen LogP contribution in [-0.2, 0) is 0 Å². The van der Waals surface area contributed by atoms with E-state index in [0.29, 0.717) is 18.2 Å². The van der Waals surface area contributed by atoms with E-state index < -0.39 is 10.8 Å². The van der Waals surface area contributed by atoms with E-state index >= 15 is 0 Å². The maximum absolute atomic E-state index is 11.5. The number of nitrogens with two attached hydrogens (primary N) is 2. The number of amides is 1. The Morgan fingerprint density at radius 2 is 2.20 bits per heavy atom. The number of carbonyl (C=O) groups excluding carboxylic acids is 1. The number of nitro benzene ring substituents is 1. The number of hydrogen-bond donors (Lipinski definition) is 3. The summed E-state index contributed by atoms with van der Waals surface area (Å²) in [5.74, 6) is -0.329. The van der Waals surface area contributed by atoms with Crippen LogP contribution in [0.25, 0.3) is 0 Å². The van der Waals surface area contributed by atoms with E-state index in [2.05, 4.69) is 5.32 Å². The van der Waals surface area contributed by atoms with Gasteiger partial charge in [0.1, 0.15) is 0 Å². The monoisotopic (exact) mass is 278 g/mol. The molecule has 0 aromatic heterocycles. The number of primary amides is 1. The van der Waals surface area contributed by atoms with Gasteiger partial charge in [-0.05, 0) is 31.4 Å². The average Bonchev–Trinajstić information content (AvgIpc) is 2.85. The Morgan fingerprint density at radius 1 is 1.45 bits per heavy atom. The lowest BCUT2D eigenvalue weighted by atomic mass is 10.0. The maximum Gasteiger partial charge on any atom is 0.270 e. The van der Waals surface area contributed by atoms with Crippen LogP contribution in [0.2, 0.25) is 0 Å². The van der Waals surface area contributed by atoms with Crippen molar-refractivity contribution in [3.63, 3.8) is 0 Å². The summed E-state index contributed by atoms with van der Waals surface area (Å²) in [5, 5.41) is 14.0. The van der Waals surface area contributed by atoms with E-state index in [1.807, 2.05) is 0 Å². The van der Waals surface area contributed by atoms with Gasteiger partial charge in [0.2, 0.25) is 0 Å². The van der Waals surface area contributed by atoms with Crippen LogP contribution in [0.5, 0.6) is 0 Å². The smallest absolute Gasteiger partial charge is 0.270 e. The summed E-state index contributed by atoms with van der Waals surface area (Å²) in [6.45, 7) is 0.580. The quantitative estimate of drug-likeness (QED) is 0.552. The van der Waals surface area contributed by atoms with Crippen molar-refractivity contribution in [1.29, 1.82) is 0 Å². The largest absolute Gasteiger partial charge is 0.381 e. The van der Waals surface area contributed by atoms with E-state index in [0.717, 1.165) is 19.3 Å². The number of rotatable bonds is 5. The van der Waals surface area contributed by atoms with Crippen molar-refractivity contribution in [3.05, 3.63) is 33.9 Å². The van der Waals surface area contributed by atoms with E-state index in [9.17, 15) is 14.9 Å². The van der Waals surface area contributed by atoms with Crippen molar-refractivity contribution in [2.75, 3.05) is 11.9 Å². The van der Waals surface area contributed by atoms with Crippen molar-refractivity contribution >= 4 is 17.3 Å². The molecule has 0 bridgehead atoms. The molecule has 2 unspecified atom stereocenters. The van der Waals surface area contributed by atoms with Crippen LogP contribution in [0.4, 0.5) is 11.4 Å². The molecule has 0 radical (unpaired) electrons. The van der Waals surface area contributed by atoms with Gasteiger partial charge in [-0.25, -0.2) is 0 Å². The minimum Gasteiger partial charge on any atom is -0.381 e. The van der Waals surface area contributed by atoms with Crippen molar-refractivity contribution in [2.45, 2.75) is 25.3 Å². The summed E-state index contributed by atoms with van der Waals surface area (Å²) in [6.07, 6.45) is 3.10. The van der Waals surface area contributed by atoms with Crippen LogP contribution < -0.4 is 16.8 Å². The fourth-order valence-corrected chi connectivity index (χ4v) is 2.68. The number of carbonyl (C=O) groups is 1. The fraction of sp³-hybridized carbons (Fsp3) is 0.462. The van der Waals surface area contributed by atoms with Gasteiger partial charge in [-0.15, -0.1) is 0 Å². The number of non-ortho nitro benzene ring substituents is 1. The molecule has 2 rings (SSSR count). The summed E-state index contributed by atoms with van der Waals surface area (Å²) in [5.41, 5.74) is 11.5. The van der Waals surface area contributed by atoms with E-state index in [1.54, 1.807) is 0 Å². The molecular formula is C13H18N4O3. The van der Waals surface area contributed by atoms with Crippen molar-refractivity contribution < 1.29 is 9.72 Å². The molecule has 1 fully saturated rings. The summed E-state index contributed by atoms with van der Waals surface area (Å²) < 4.78 is 0. The van der Waals surface area contributed by atoms with E-state index in [-0.39, 0.29) is 17.3 Å². The lowest BCUT2D eigenvalue weighted by molar-refractivity contribution is -0.384. The maximum atomic E-state index is 11.5. The SMILES string of the molecule is NCC1CCCC1Nc1ccc([N+](=O)[O-])cc1C(N)=O. The molecule has 1 aromatic rings. The molecule has 7 heteroatoms. The second-order valence-corrected chi connectivity index (χ2v) is 5.03. The van der Waals surface area contributed by atoms with Gasteiger partial charge in [-0.3, -0.25) is 14.9 Å². The molecule has 1 amide bonds. The van der Waals surface area contributed by atoms with Gasteiger partial charge in [0.05, 0.1) is 10.5 Å². The molecule has 0 aliphatic heterocycles. The predicted octanol–water partition coefficient (Wildman–Crippen LogP) is 1.23. The molecule has 7 nitrogen and oxygen atoms in total. The van der Waals surface area contributed by atoms with Gasteiger partial charge in [0.25, 0.3) is 11.6 Å². The van der Waals surface area contributed by atoms with Crippen LogP contribution >= 0.6 is 0 Å². The minimum absolute atomic E-state index is 0.141. The first kappa shape index (κ1) is 14.3. The average molecular weight is 278 g/mol. The normalized spacial score (nSPS) is 21.6. The fourth-order valence-electron chi connectivity index (χ4n) is 2.68. The van der Waals surface area contributed by atoms with Gasteiger partial charge in [0, 0.05) is 23.9 Å². The number of anilines is 1. The van der Waals surface area contributed by atoms with Crippen LogP contribution in [0, 0.1) is 16.0 Å². The highest BCUT2D eigenvalue weighted by Gasteiger charge is 2.27. The lowest BCUT2D eigenvalue weighted by Gasteiger charge is -2.21. The van der Waals surface area contributed by atoms with E-state index in [1.165, 1.54) is 18.2 Å². The van der Waals surface area contributed by atoms with Gasteiger partial charge in [-0.1, -0.05) is 6.42 Å². The molecule has 1 aliphatic rings. The molecule has 108 valence electrons. The zero-order chi connectivity index (χ0) is 14.7. The first-order chi connectivity index (χ1) is 9.52. The number of hydrogen-bond acceptors (Lipinski definition) is 5. The zero-order valence-corrected chi connectivity index (χ0v) is 11.0. The molecule has 0 spiro atoms. The first-order valence-electron chi connectivity index (χ1n) is 6.57. The van der Waals surface area contributed by atoms with Crippen LogP contribution in [0.15, 0.2) is 18.2 Å². The van der Waals surface area contributed by atoms with Gasteiger partial charge >= 0.3 is 0 Å². The van der Waals surface area contributed by atoms with Gasteiger partial charge in [0.15, 0.2) is 0 Å². The molecule has 0 saturated heterocycles. The molecule has 1 aliphatic carbocycles. The summed E-state index contributed by atoms with van der Waals surface area (Å²) in [4.78, 5) is 21.7. The Morgan fingerprint density at radius 3 is 2.80 bits per heavy atom. The highest BCUT2D eigenvalue weighted by molar-refractivity contribution is 5.99. The third-order valence-electron chi connectivity index (χ3n) is 3.78. The Labute approximate surface area is 116 Å². The highest BCUT2D eigenvalue weighted by atomic mass is 16.6. The lowest BCUT2D eigenvalue weighted by Crippen LogP contribution is -2.30. The Bertz CT molecular complexity index is 532. The zero-order valence-electron chi connectivity index (χ0n) is 11.0.